The van der Waals surface area contributed by atoms with E-state index in [1.54, 1.807) is 0 Å². The molecule has 0 radical (unpaired) electrons. The maximum atomic E-state index is 3.40. The van der Waals surface area contributed by atoms with Crippen molar-refractivity contribution >= 4 is 10.9 Å². The van der Waals surface area contributed by atoms with Gasteiger partial charge in [0.2, 0.25) is 0 Å². The summed E-state index contributed by atoms with van der Waals surface area (Å²) in [6.07, 6.45) is 0. The molecule has 1 N–H and O–H groups in total. The average Bonchev–Trinajstić information content (AvgIpc) is 2.71. The first-order valence-electron chi connectivity index (χ1n) is 5.05. The van der Waals surface area contributed by atoms with E-state index in [2.05, 4.69) is 42.1 Å². The molecule has 0 saturated heterocycles. The zero-order valence-electron chi connectivity index (χ0n) is 8.59. The average molecular weight is 186 g/mol. The van der Waals surface area contributed by atoms with E-state index >= 15 is 0 Å². The Bertz CT molecular complexity index is 509. The van der Waals surface area contributed by atoms with Crippen molar-refractivity contribution < 1.29 is 0 Å². The van der Waals surface area contributed by atoms with Crippen LogP contribution in [0.2, 0.25) is 0 Å². The van der Waals surface area contributed by atoms with Gasteiger partial charge in [-0.3, -0.25) is 0 Å². The number of nitrogens with zero attached hydrogens (tertiary/aromatic N) is 1. The summed E-state index contributed by atoms with van der Waals surface area (Å²) < 4.78 is 2.33. The number of hydrogen-bond acceptors (Lipinski definition) is 1. The van der Waals surface area contributed by atoms with Gasteiger partial charge in [-0.15, -0.1) is 0 Å². The molecule has 2 nitrogen and oxygen atoms in total. The van der Waals surface area contributed by atoms with Crippen molar-refractivity contribution in [3.63, 3.8) is 0 Å². The third kappa shape index (κ3) is 0.840. The molecule has 1 aliphatic heterocycles. The molecular formula is C12H14N2. The first-order valence-corrected chi connectivity index (χ1v) is 5.05. The lowest BCUT2D eigenvalue weighted by Crippen LogP contribution is -2.05. The zero-order valence-corrected chi connectivity index (χ0v) is 8.59. The largest absolute Gasteiger partial charge is 0.346 e. The quantitative estimate of drug-likeness (QED) is 0.666. The summed E-state index contributed by atoms with van der Waals surface area (Å²) in [5, 5.41) is 4.82. The van der Waals surface area contributed by atoms with Crippen LogP contribution in [0.25, 0.3) is 10.9 Å². The van der Waals surface area contributed by atoms with Crippen molar-refractivity contribution in [1.29, 1.82) is 0 Å². The molecule has 0 bridgehead atoms. The number of aryl methyl sites for hydroxylation is 2. The maximum absolute atomic E-state index is 3.40. The number of benzene rings is 1. The Morgan fingerprint density at radius 1 is 1.29 bits per heavy atom. The van der Waals surface area contributed by atoms with Crippen LogP contribution in [0.15, 0.2) is 18.2 Å². The summed E-state index contributed by atoms with van der Waals surface area (Å²) in [5.74, 6) is 0. The van der Waals surface area contributed by atoms with Crippen molar-refractivity contribution in [2.75, 3.05) is 0 Å². The molecule has 2 heteroatoms. The summed E-state index contributed by atoms with van der Waals surface area (Å²) in [6.45, 7) is 4.22. The topological polar surface area (TPSA) is 17.0 Å². The second-order valence-corrected chi connectivity index (χ2v) is 4.06. The van der Waals surface area contributed by atoms with Crippen molar-refractivity contribution in [1.82, 2.24) is 9.88 Å². The highest BCUT2D eigenvalue weighted by atomic mass is 15.0. The van der Waals surface area contributed by atoms with Gasteiger partial charge in [0.05, 0.1) is 5.52 Å². The first kappa shape index (κ1) is 8.06. The van der Waals surface area contributed by atoms with E-state index in [0.29, 0.717) is 0 Å². The van der Waals surface area contributed by atoms with Crippen molar-refractivity contribution in [3.8, 4) is 0 Å². The fraction of sp³-hybridized carbons (Fsp3) is 0.333. The minimum atomic E-state index is 1.01. The molecule has 3 rings (SSSR count). The highest BCUT2D eigenvalue weighted by Gasteiger charge is 2.19. The Morgan fingerprint density at radius 2 is 2.14 bits per heavy atom. The van der Waals surface area contributed by atoms with Gasteiger partial charge in [0.25, 0.3) is 0 Å². The van der Waals surface area contributed by atoms with Gasteiger partial charge < -0.3 is 9.88 Å². The van der Waals surface area contributed by atoms with Gasteiger partial charge in [0.1, 0.15) is 0 Å². The summed E-state index contributed by atoms with van der Waals surface area (Å²) in [4.78, 5) is 0. The van der Waals surface area contributed by atoms with E-state index in [0.717, 1.165) is 13.1 Å². The molecule has 0 aliphatic carbocycles. The predicted octanol–water partition coefficient (Wildman–Crippen LogP) is 2.09. The van der Waals surface area contributed by atoms with Gasteiger partial charge >= 0.3 is 0 Å². The van der Waals surface area contributed by atoms with Crippen LogP contribution in [-0.4, -0.2) is 4.57 Å². The molecule has 14 heavy (non-hydrogen) atoms. The summed E-state index contributed by atoms with van der Waals surface area (Å²) in [5.41, 5.74) is 5.72. The highest BCUT2D eigenvalue weighted by molar-refractivity contribution is 5.88. The van der Waals surface area contributed by atoms with E-state index in [9.17, 15) is 0 Å². The summed E-state index contributed by atoms with van der Waals surface area (Å²) in [6, 6.07) is 6.56. The Balaban J connectivity index is 2.51. The number of fused-ring (bicyclic) bond motifs is 3. The third-order valence-corrected chi connectivity index (χ3v) is 3.25. The molecule has 0 saturated carbocycles. The number of para-hydroxylation sites is 1. The van der Waals surface area contributed by atoms with Gasteiger partial charge in [-0.25, -0.2) is 0 Å². The van der Waals surface area contributed by atoms with Crippen LogP contribution in [0.3, 0.4) is 0 Å². The Morgan fingerprint density at radius 3 is 3.00 bits per heavy atom. The molecule has 0 fully saturated rings. The Hall–Kier alpha value is -1.28. The second-order valence-electron chi connectivity index (χ2n) is 4.06. The lowest BCUT2D eigenvalue weighted by atomic mass is 10.1. The molecular weight excluding hydrogens is 172 g/mol. The van der Waals surface area contributed by atoms with E-state index in [1.807, 2.05) is 0 Å². The van der Waals surface area contributed by atoms with E-state index < -0.39 is 0 Å². The fourth-order valence-corrected chi connectivity index (χ4v) is 2.57. The molecule has 0 atom stereocenters. The van der Waals surface area contributed by atoms with Crippen LogP contribution in [0.4, 0.5) is 0 Å². The number of rotatable bonds is 0. The van der Waals surface area contributed by atoms with Crippen LogP contribution in [0.5, 0.6) is 0 Å². The van der Waals surface area contributed by atoms with Gasteiger partial charge in [0, 0.05) is 31.2 Å². The SMILES string of the molecule is Cc1cccc2c3c(n(C)c12)CNC3. The number of nitrogens with one attached hydrogen (secondary N) is 1. The fourth-order valence-electron chi connectivity index (χ4n) is 2.57. The normalized spacial score (nSPS) is 15.0. The minimum absolute atomic E-state index is 1.01. The lowest BCUT2D eigenvalue weighted by molar-refractivity contribution is 0.733. The first-order chi connectivity index (χ1) is 6.79. The monoisotopic (exact) mass is 186 g/mol. The van der Waals surface area contributed by atoms with Gasteiger partial charge in [0.15, 0.2) is 0 Å². The standard InChI is InChI=1S/C12H14N2/c1-8-4-3-5-9-10-6-13-7-11(10)14(2)12(8)9/h3-5,13H,6-7H2,1-2H3. The van der Waals surface area contributed by atoms with Crippen LogP contribution in [0.1, 0.15) is 16.8 Å². The molecule has 2 aromatic rings. The minimum Gasteiger partial charge on any atom is -0.346 e. The molecule has 1 aromatic heterocycles. The van der Waals surface area contributed by atoms with E-state index in [4.69, 9.17) is 0 Å². The van der Waals surface area contributed by atoms with Crippen molar-refractivity contribution in [2.45, 2.75) is 20.0 Å². The maximum Gasteiger partial charge on any atom is 0.0513 e. The Labute approximate surface area is 83.5 Å². The summed E-state index contributed by atoms with van der Waals surface area (Å²) in [7, 11) is 2.17. The van der Waals surface area contributed by atoms with Gasteiger partial charge in [-0.05, 0) is 18.1 Å². The highest BCUT2D eigenvalue weighted by Crippen LogP contribution is 2.30. The van der Waals surface area contributed by atoms with Crippen molar-refractivity contribution in [3.05, 3.63) is 35.0 Å². The van der Waals surface area contributed by atoms with E-state index in [1.165, 1.54) is 27.7 Å². The van der Waals surface area contributed by atoms with Crippen LogP contribution >= 0.6 is 0 Å². The predicted molar refractivity (Wildman–Crippen MR) is 58.2 cm³/mol. The van der Waals surface area contributed by atoms with Gasteiger partial charge in [-0.1, -0.05) is 18.2 Å². The van der Waals surface area contributed by atoms with Crippen LogP contribution in [-0.2, 0) is 20.1 Å². The molecule has 0 spiro atoms. The molecule has 72 valence electrons. The van der Waals surface area contributed by atoms with Crippen molar-refractivity contribution in [2.24, 2.45) is 7.05 Å². The van der Waals surface area contributed by atoms with Gasteiger partial charge in [-0.2, -0.15) is 0 Å². The molecule has 0 amide bonds. The molecule has 0 unspecified atom stereocenters. The smallest absolute Gasteiger partial charge is 0.0513 e. The lowest BCUT2D eigenvalue weighted by Gasteiger charge is -2.03. The van der Waals surface area contributed by atoms with Crippen LogP contribution in [0, 0.1) is 6.92 Å². The number of hydrogen-bond donors (Lipinski definition) is 1. The van der Waals surface area contributed by atoms with E-state index in [-0.39, 0.29) is 0 Å². The third-order valence-electron chi connectivity index (χ3n) is 3.25. The second kappa shape index (κ2) is 2.61. The molecule has 1 aliphatic rings. The summed E-state index contributed by atoms with van der Waals surface area (Å²) >= 11 is 0. The zero-order chi connectivity index (χ0) is 9.71. The Kier molecular flexibility index (Phi) is 1.50. The number of aromatic nitrogens is 1. The molecule has 2 heterocycles. The van der Waals surface area contributed by atoms with Crippen LogP contribution < -0.4 is 5.32 Å². The molecule has 1 aromatic carbocycles.